The Morgan fingerprint density at radius 1 is 1.00 bits per heavy atom. The van der Waals surface area contributed by atoms with Crippen LogP contribution in [0.2, 0.25) is 0 Å². The number of hydrogen-bond acceptors (Lipinski definition) is 2. The van der Waals surface area contributed by atoms with E-state index in [0.717, 1.165) is 31.2 Å². The molecule has 0 N–H and O–H groups in total. The lowest BCUT2D eigenvalue weighted by Gasteiger charge is -2.05. The van der Waals surface area contributed by atoms with Crippen molar-refractivity contribution in [2.24, 2.45) is 0 Å². The Labute approximate surface area is 111 Å². The van der Waals surface area contributed by atoms with Crippen LogP contribution in [0.3, 0.4) is 0 Å². The number of unbranched alkanes of at least 4 members (excludes halogenated alkanes) is 2. The zero-order valence-corrected chi connectivity index (χ0v) is 11.1. The van der Waals surface area contributed by atoms with E-state index in [2.05, 4.69) is 6.92 Å². The highest BCUT2D eigenvalue weighted by Crippen LogP contribution is 2.16. The van der Waals surface area contributed by atoms with Gasteiger partial charge in [-0.3, -0.25) is 9.59 Å². The lowest BCUT2D eigenvalue weighted by molar-refractivity contribution is 0.108. The third-order valence-corrected chi connectivity index (χ3v) is 2.95. The summed E-state index contributed by atoms with van der Waals surface area (Å²) in [7, 11) is 0. The van der Waals surface area contributed by atoms with Crippen LogP contribution in [-0.2, 0) is 6.42 Å². The van der Waals surface area contributed by atoms with Crippen LogP contribution in [0.1, 0.15) is 52.5 Å². The Morgan fingerprint density at radius 2 is 1.53 bits per heavy atom. The molecule has 4 heteroatoms. The number of carbonyl (C=O) groups is 2. The average Bonchev–Trinajstić information content (AvgIpc) is 2.29. The largest absolute Gasteiger partial charge is 0.276 e. The molecule has 1 aromatic carbocycles. The second-order valence-corrected chi connectivity index (χ2v) is 4.61. The van der Waals surface area contributed by atoms with Gasteiger partial charge in [0.25, 0.3) is 10.5 Å². The standard InChI is InChI=1S/C13H14Cl2O2/c1-2-3-4-5-9-6-10(12(14)16)8-11(7-9)13(15)17/h6-8H,2-5H2,1H3. The fraction of sp³-hybridized carbons (Fsp3) is 0.385. The van der Waals surface area contributed by atoms with Gasteiger partial charge in [0, 0.05) is 11.1 Å². The SMILES string of the molecule is CCCCCc1cc(C(=O)Cl)cc(C(=O)Cl)c1. The third-order valence-electron chi connectivity index (χ3n) is 2.52. The minimum Gasteiger partial charge on any atom is -0.276 e. The summed E-state index contributed by atoms with van der Waals surface area (Å²) in [5, 5.41) is -1.14. The molecule has 0 aromatic heterocycles. The Kier molecular flexibility index (Phi) is 5.66. The van der Waals surface area contributed by atoms with Gasteiger partial charge in [-0.05, 0) is 59.8 Å². The first-order chi connectivity index (χ1) is 8.04. The van der Waals surface area contributed by atoms with Gasteiger partial charge in [-0.1, -0.05) is 19.8 Å². The van der Waals surface area contributed by atoms with E-state index in [4.69, 9.17) is 23.2 Å². The van der Waals surface area contributed by atoms with Crippen LogP contribution in [0, 0.1) is 0 Å². The quantitative estimate of drug-likeness (QED) is 0.575. The van der Waals surface area contributed by atoms with E-state index in [-0.39, 0.29) is 0 Å². The van der Waals surface area contributed by atoms with E-state index in [1.54, 1.807) is 12.1 Å². The second-order valence-electron chi connectivity index (χ2n) is 3.92. The van der Waals surface area contributed by atoms with E-state index < -0.39 is 10.5 Å². The summed E-state index contributed by atoms with van der Waals surface area (Å²) in [6, 6.07) is 4.86. The van der Waals surface area contributed by atoms with E-state index in [0.29, 0.717) is 11.1 Å². The number of aryl methyl sites for hydroxylation is 1. The van der Waals surface area contributed by atoms with Crippen molar-refractivity contribution in [3.05, 3.63) is 34.9 Å². The minimum absolute atomic E-state index is 0.324. The molecule has 0 heterocycles. The molecule has 0 spiro atoms. The topological polar surface area (TPSA) is 34.1 Å². The van der Waals surface area contributed by atoms with Gasteiger partial charge in [-0.15, -0.1) is 0 Å². The summed E-state index contributed by atoms with van der Waals surface area (Å²) in [5.74, 6) is 0. The lowest BCUT2D eigenvalue weighted by Crippen LogP contribution is -1.98. The van der Waals surface area contributed by atoms with Gasteiger partial charge in [0.05, 0.1) is 0 Å². The second kappa shape index (κ2) is 6.77. The number of carbonyl (C=O) groups excluding carboxylic acids is 2. The van der Waals surface area contributed by atoms with Crippen LogP contribution in [0.5, 0.6) is 0 Å². The molecule has 0 unspecified atom stereocenters. The molecular formula is C13H14Cl2O2. The molecule has 0 saturated heterocycles. The Bertz CT molecular complexity index is 395. The van der Waals surface area contributed by atoms with Crippen molar-refractivity contribution in [3.8, 4) is 0 Å². The van der Waals surface area contributed by atoms with Crippen molar-refractivity contribution in [1.29, 1.82) is 0 Å². The van der Waals surface area contributed by atoms with Gasteiger partial charge >= 0.3 is 0 Å². The van der Waals surface area contributed by atoms with E-state index in [1.807, 2.05) is 0 Å². The van der Waals surface area contributed by atoms with Crippen LogP contribution in [0.4, 0.5) is 0 Å². The molecule has 0 aliphatic rings. The summed E-state index contributed by atoms with van der Waals surface area (Å²) in [5.41, 5.74) is 1.57. The van der Waals surface area contributed by atoms with E-state index in [9.17, 15) is 9.59 Å². The molecular weight excluding hydrogens is 259 g/mol. The maximum atomic E-state index is 11.1. The summed E-state index contributed by atoms with van der Waals surface area (Å²) < 4.78 is 0. The summed E-state index contributed by atoms with van der Waals surface area (Å²) >= 11 is 10.8. The first kappa shape index (κ1) is 14.2. The molecule has 0 bridgehead atoms. The van der Waals surface area contributed by atoms with Crippen LogP contribution >= 0.6 is 23.2 Å². The highest BCUT2D eigenvalue weighted by molar-refractivity contribution is 6.69. The number of rotatable bonds is 6. The Morgan fingerprint density at radius 3 is 1.94 bits per heavy atom. The highest BCUT2D eigenvalue weighted by atomic mass is 35.5. The van der Waals surface area contributed by atoms with Crippen LogP contribution in [0.15, 0.2) is 18.2 Å². The minimum atomic E-state index is -0.568. The summed E-state index contributed by atoms with van der Waals surface area (Å²) in [4.78, 5) is 22.2. The molecule has 1 rings (SSSR count). The van der Waals surface area contributed by atoms with E-state index in [1.165, 1.54) is 6.07 Å². The van der Waals surface area contributed by atoms with Gasteiger partial charge in [0.2, 0.25) is 0 Å². The van der Waals surface area contributed by atoms with Gasteiger partial charge < -0.3 is 0 Å². The first-order valence-electron chi connectivity index (χ1n) is 5.58. The number of halogens is 2. The third kappa shape index (κ3) is 4.49. The van der Waals surface area contributed by atoms with Crippen LogP contribution < -0.4 is 0 Å². The molecule has 17 heavy (non-hydrogen) atoms. The summed E-state index contributed by atoms with van der Waals surface area (Å²) in [6.07, 6.45) is 4.08. The predicted octanol–water partition coefficient (Wildman–Crippen LogP) is 4.18. The highest BCUT2D eigenvalue weighted by Gasteiger charge is 2.10. The zero-order chi connectivity index (χ0) is 12.8. The molecule has 1 aromatic rings. The molecule has 2 nitrogen and oxygen atoms in total. The van der Waals surface area contributed by atoms with Crippen molar-refractivity contribution < 1.29 is 9.59 Å². The van der Waals surface area contributed by atoms with Gasteiger partial charge in [-0.2, -0.15) is 0 Å². The van der Waals surface area contributed by atoms with E-state index >= 15 is 0 Å². The predicted molar refractivity (Wildman–Crippen MR) is 70.0 cm³/mol. The molecule has 92 valence electrons. The maximum Gasteiger partial charge on any atom is 0.252 e. The van der Waals surface area contributed by atoms with Crippen molar-refractivity contribution >= 4 is 33.7 Å². The fourth-order valence-electron chi connectivity index (χ4n) is 1.64. The molecule has 0 saturated carbocycles. The smallest absolute Gasteiger partial charge is 0.252 e. The van der Waals surface area contributed by atoms with Crippen LogP contribution in [0.25, 0.3) is 0 Å². The van der Waals surface area contributed by atoms with Gasteiger partial charge in [0.1, 0.15) is 0 Å². The van der Waals surface area contributed by atoms with Crippen molar-refractivity contribution in [1.82, 2.24) is 0 Å². The Hall–Kier alpha value is -0.860. The van der Waals surface area contributed by atoms with Gasteiger partial charge in [0.15, 0.2) is 0 Å². The number of hydrogen-bond donors (Lipinski definition) is 0. The monoisotopic (exact) mass is 272 g/mol. The normalized spacial score (nSPS) is 10.3. The number of benzene rings is 1. The van der Waals surface area contributed by atoms with Crippen molar-refractivity contribution in [2.75, 3.05) is 0 Å². The van der Waals surface area contributed by atoms with Crippen molar-refractivity contribution in [2.45, 2.75) is 32.6 Å². The molecule has 0 amide bonds. The van der Waals surface area contributed by atoms with Gasteiger partial charge in [-0.25, -0.2) is 0 Å². The molecule has 0 radical (unpaired) electrons. The molecule has 0 atom stereocenters. The molecule has 0 aliphatic carbocycles. The lowest BCUT2D eigenvalue weighted by atomic mass is 10.0. The average molecular weight is 273 g/mol. The maximum absolute atomic E-state index is 11.1. The fourth-order valence-corrected chi connectivity index (χ4v) is 1.86. The van der Waals surface area contributed by atoms with Crippen molar-refractivity contribution in [3.63, 3.8) is 0 Å². The molecule has 0 aliphatic heterocycles. The van der Waals surface area contributed by atoms with Crippen LogP contribution in [-0.4, -0.2) is 10.5 Å². The molecule has 0 fully saturated rings. The Balaban J connectivity index is 2.95. The summed E-state index contributed by atoms with van der Waals surface area (Å²) in [6.45, 7) is 2.12. The first-order valence-corrected chi connectivity index (χ1v) is 6.33. The zero-order valence-electron chi connectivity index (χ0n) is 9.63.